The molecule has 0 rings (SSSR count). The van der Waals surface area contributed by atoms with Crippen LogP contribution in [-0.2, 0) is 0 Å². The quantitative estimate of drug-likeness (QED) is 0.165. The molecule has 0 spiro atoms. The van der Waals surface area contributed by atoms with E-state index in [-0.39, 0.29) is 0 Å². The summed E-state index contributed by atoms with van der Waals surface area (Å²) in [5, 5.41) is 0. The molecule has 0 aliphatic carbocycles. The van der Waals surface area contributed by atoms with Crippen LogP contribution in [0.2, 0.25) is 0 Å². The topological polar surface area (TPSA) is 3.24 Å². The van der Waals surface area contributed by atoms with E-state index in [4.69, 9.17) is 0 Å². The van der Waals surface area contributed by atoms with Crippen LogP contribution in [0.3, 0.4) is 0 Å². The Morgan fingerprint density at radius 3 is 1.07 bits per heavy atom. The smallest absolute Gasteiger partial charge is 0.00187 e. The summed E-state index contributed by atoms with van der Waals surface area (Å²) in [5.41, 5.74) is 0. The lowest BCUT2D eigenvalue weighted by Crippen LogP contribution is -2.27. The van der Waals surface area contributed by atoms with Gasteiger partial charge in [0.2, 0.25) is 0 Å². The van der Waals surface area contributed by atoms with Crippen molar-refractivity contribution in [2.75, 3.05) is 19.6 Å². The maximum absolute atomic E-state index is 2.74. The Bertz CT molecular complexity index is 258. The first-order valence-corrected chi connectivity index (χ1v) is 13.3. The molecule has 0 aromatic heterocycles. The van der Waals surface area contributed by atoms with Gasteiger partial charge in [0, 0.05) is 0 Å². The third-order valence-electron chi connectivity index (χ3n) is 6.05. The van der Waals surface area contributed by atoms with Crippen molar-refractivity contribution in [1.29, 1.82) is 0 Å². The summed E-state index contributed by atoms with van der Waals surface area (Å²) in [5.74, 6) is 1.78. The second-order valence-electron chi connectivity index (χ2n) is 10.2. The van der Waals surface area contributed by atoms with E-state index in [1.165, 1.54) is 129 Å². The molecule has 0 aliphatic rings. The molecule has 1 nitrogen and oxygen atoms in total. The fourth-order valence-corrected chi connectivity index (χ4v) is 4.20. The Balaban J connectivity index is 3.45. The van der Waals surface area contributed by atoms with Crippen LogP contribution < -0.4 is 0 Å². The van der Waals surface area contributed by atoms with Crippen molar-refractivity contribution in [2.45, 2.75) is 144 Å². The van der Waals surface area contributed by atoms with Gasteiger partial charge in [0.05, 0.1) is 0 Å². The molecule has 0 bridgehead atoms. The summed E-state index contributed by atoms with van der Waals surface area (Å²) >= 11 is 0. The van der Waals surface area contributed by atoms with Gasteiger partial charge < -0.3 is 4.90 Å². The lowest BCUT2D eigenvalue weighted by Gasteiger charge is -2.21. The first-order valence-electron chi connectivity index (χ1n) is 13.3. The Morgan fingerprint density at radius 1 is 0.429 bits per heavy atom. The fraction of sp³-hybridized carbons (Fsp3) is 1.00. The van der Waals surface area contributed by atoms with Gasteiger partial charge in [-0.25, -0.2) is 0 Å². The molecule has 0 atom stereocenters. The molecule has 0 heterocycles. The Hall–Kier alpha value is -0.0400. The molecule has 0 saturated carbocycles. The maximum atomic E-state index is 2.74. The minimum atomic E-state index is 0.888. The molecule has 28 heavy (non-hydrogen) atoms. The van der Waals surface area contributed by atoms with E-state index in [1.54, 1.807) is 0 Å². The Morgan fingerprint density at radius 2 is 0.750 bits per heavy atom. The van der Waals surface area contributed by atoms with Gasteiger partial charge >= 0.3 is 0 Å². The van der Waals surface area contributed by atoms with E-state index in [1.807, 2.05) is 0 Å². The van der Waals surface area contributed by atoms with E-state index < -0.39 is 0 Å². The molecule has 170 valence electrons. The van der Waals surface area contributed by atoms with Gasteiger partial charge in [0.15, 0.2) is 0 Å². The van der Waals surface area contributed by atoms with Crippen molar-refractivity contribution in [2.24, 2.45) is 11.8 Å². The summed E-state index contributed by atoms with van der Waals surface area (Å²) in [4.78, 5) is 2.74. The molecule has 0 fully saturated rings. The summed E-state index contributed by atoms with van der Waals surface area (Å²) in [6.07, 6.45) is 24.4. The van der Waals surface area contributed by atoms with Crippen LogP contribution >= 0.6 is 0 Å². The van der Waals surface area contributed by atoms with Crippen LogP contribution in [0.1, 0.15) is 144 Å². The van der Waals surface area contributed by atoms with Crippen LogP contribution in [0.4, 0.5) is 0 Å². The first kappa shape index (κ1) is 28.0. The van der Waals surface area contributed by atoms with E-state index >= 15 is 0 Å². The van der Waals surface area contributed by atoms with Crippen molar-refractivity contribution in [3.63, 3.8) is 0 Å². The highest BCUT2D eigenvalue weighted by atomic mass is 15.1. The minimum absolute atomic E-state index is 0.888. The Labute approximate surface area is 180 Å². The van der Waals surface area contributed by atoms with E-state index in [0.29, 0.717) is 0 Å². The summed E-state index contributed by atoms with van der Waals surface area (Å²) in [6.45, 7) is 15.7. The van der Waals surface area contributed by atoms with Gasteiger partial charge in [-0.2, -0.15) is 0 Å². The second kappa shape index (κ2) is 21.7. The van der Waals surface area contributed by atoms with Gasteiger partial charge in [-0.15, -0.1) is 0 Å². The van der Waals surface area contributed by atoms with Crippen LogP contribution in [0.15, 0.2) is 0 Å². The van der Waals surface area contributed by atoms with Crippen LogP contribution in [0.5, 0.6) is 0 Å². The van der Waals surface area contributed by atoms with Crippen LogP contribution in [0.25, 0.3) is 0 Å². The highest BCUT2D eigenvalue weighted by Crippen LogP contribution is 2.14. The van der Waals surface area contributed by atoms with Crippen LogP contribution in [0, 0.1) is 11.8 Å². The van der Waals surface area contributed by atoms with E-state index in [9.17, 15) is 0 Å². The molecule has 0 aromatic rings. The number of unbranched alkanes of at least 4 members (excludes halogenated alkanes) is 12. The number of nitrogens with zero attached hydrogens (tertiary/aromatic N) is 1. The van der Waals surface area contributed by atoms with Gasteiger partial charge in [0.1, 0.15) is 0 Å². The molecule has 0 aliphatic heterocycles. The third kappa shape index (κ3) is 22.3. The monoisotopic (exact) mass is 395 g/mol. The van der Waals surface area contributed by atoms with Gasteiger partial charge in [-0.3, -0.25) is 0 Å². The standard InChI is InChI=1S/C27H57N/c1-6-23-28(24-19-15-11-7-9-13-17-21-26(2)3)25-20-16-12-8-10-14-18-22-27(4)5/h26-27H,6-25H2,1-5H3. The molecule has 1 heteroatoms. The average molecular weight is 396 g/mol. The molecule has 0 aromatic carbocycles. The lowest BCUT2D eigenvalue weighted by atomic mass is 10.0. The molecule has 0 saturated heterocycles. The SMILES string of the molecule is CCCN(CCCCCCCCCC(C)C)CCCCCCCCCC(C)C. The summed E-state index contributed by atoms with van der Waals surface area (Å²) < 4.78 is 0. The third-order valence-corrected chi connectivity index (χ3v) is 6.05. The summed E-state index contributed by atoms with van der Waals surface area (Å²) in [6, 6.07) is 0. The number of hydrogen-bond acceptors (Lipinski definition) is 1. The molecular weight excluding hydrogens is 338 g/mol. The van der Waals surface area contributed by atoms with E-state index in [2.05, 4.69) is 39.5 Å². The zero-order chi connectivity index (χ0) is 20.9. The molecule has 0 N–H and O–H groups in total. The minimum Gasteiger partial charge on any atom is -0.303 e. The summed E-state index contributed by atoms with van der Waals surface area (Å²) in [7, 11) is 0. The molecular formula is C27H57N. The van der Waals surface area contributed by atoms with Crippen molar-refractivity contribution >= 4 is 0 Å². The number of rotatable bonds is 22. The molecule has 0 unspecified atom stereocenters. The predicted molar refractivity (Wildman–Crippen MR) is 130 cm³/mol. The maximum Gasteiger partial charge on any atom is -0.00187 e. The van der Waals surface area contributed by atoms with Gasteiger partial charge in [-0.05, 0) is 50.7 Å². The van der Waals surface area contributed by atoms with Gasteiger partial charge in [-0.1, -0.05) is 125 Å². The van der Waals surface area contributed by atoms with Crippen LogP contribution in [-0.4, -0.2) is 24.5 Å². The highest BCUT2D eigenvalue weighted by molar-refractivity contribution is 4.59. The van der Waals surface area contributed by atoms with Gasteiger partial charge in [0.25, 0.3) is 0 Å². The highest BCUT2D eigenvalue weighted by Gasteiger charge is 2.04. The predicted octanol–water partition coefficient (Wildman–Crippen LogP) is 9.25. The fourth-order valence-electron chi connectivity index (χ4n) is 4.20. The van der Waals surface area contributed by atoms with Crippen molar-refractivity contribution in [3.8, 4) is 0 Å². The number of hydrogen-bond donors (Lipinski definition) is 0. The first-order chi connectivity index (χ1) is 13.6. The Kier molecular flexibility index (Phi) is 21.6. The molecule has 0 amide bonds. The second-order valence-corrected chi connectivity index (χ2v) is 10.2. The van der Waals surface area contributed by atoms with Crippen molar-refractivity contribution in [3.05, 3.63) is 0 Å². The average Bonchev–Trinajstić information content (AvgIpc) is 2.64. The zero-order valence-electron chi connectivity index (χ0n) is 20.7. The van der Waals surface area contributed by atoms with Crippen molar-refractivity contribution < 1.29 is 0 Å². The van der Waals surface area contributed by atoms with Crippen molar-refractivity contribution in [1.82, 2.24) is 4.90 Å². The largest absolute Gasteiger partial charge is 0.303 e. The normalized spacial score (nSPS) is 12.0. The lowest BCUT2D eigenvalue weighted by molar-refractivity contribution is 0.260. The molecule has 0 radical (unpaired) electrons. The zero-order valence-corrected chi connectivity index (χ0v) is 20.7. The van der Waals surface area contributed by atoms with E-state index in [0.717, 1.165) is 11.8 Å².